The van der Waals surface area contributed by atoms with E-state index in [1.165, 1.54) is 30.8 Å². The van der Waals surface area contributed by atoms with Crippen molar-refractivity contribution in [2.45, 2.75) is 69.3 Å². The van der Waals surface area contributed by atoms with Crippen LogP contribution in [0.25, 0.3) is 0 Å². The number of nitrogens with one attached hydrogen (secondary N) is 3. The van der Waals surface area contributed by atoms with Crippen molar-refractivity contribution in [3.63, 3.8) is 0 Å². The second-order valence-electron chi connectivity index (χ2n) is 8.73. The highest BCUT2D eigenvalue weighted by Crippen LogP contribution is 2.12. The molecule has 0 fully saturated rings. The molecular weight excluding hydrogens is 502 g/mol. The Morgan fingerprint density at radius 2 is 1.54 bits per heavy atom. The summed E-state index contributed by atoms with van der Waals surface area (Å²) < 4.78 is 0. The molecule has 0 heterocycles. The third-order valence-corrected chi connectivity index (χ3v) is 6.25. The summed E-state index contributed by atoms with van der Waals surface area (Å²) in [7, 11) is 0. The lowest BCUT2D eigenvalue weighted by Gasteiger charge is -2.26. The number of carbonyl (C=O) groups is 4. The quantitative estimate of drug-likeness (QED) is 0.113. The van der Waals surface area contributed by atoms with Crippen molar-refractivity contribution in [1.82, 2.24) is 16.0 Å². The van der Waals surface area contributed by atoms with Crippen LogP contribution >= 0.6 is 11.8 Å². The largest absolute Gasteiger partial charge is 0.508 e. The van der Waals surface area contributed by atoms with Crippen LogP contribution in [0.2, 0.25) is 0 Å². The van der Waals surface area contributed by atoms with E-state index in [9.17, 15) is 34.5 Å². The van der Waals surface area contributed by atoms with Gasteiger partial charge in [-0.3, -0.25) is 14.4 Å². The first-order valence-corrected chi connectivity index (χ1v) is 13.4. The van der Waals surface area contributed by atoms with E-state index in [2.05, 4.69) is 16.0 Å². The Labute approximate surface area is 220 Å². The first kappa shape index (κ1) is 32.2. The van der Waals surface area contributed by atoms with Crippen LogP contribution in [0.3, 0.4) is 0 Å². The molecule has 3 amide bonds. The number of thioether (sulfide) groups is 1. The molecule has 0 radical (unpaired) electrons. The molecule has 13 heteroatoms. The maximum absolute atomic E-state index is 13.2. The minimum absolute atomic E-state index is 0.0106. The van der Waals surface area contributed by atoms with Gasteiger partial charge in [0.05, 0.1) is 12.1 Å². The third-order valence-electron chi connectivity index (χ3n) is 5.61. The van der Waals surface area contributed by atoms with E-state index in [4.69, 9.17) is 11.5 Å². The van der Waals surface area contributed by atoms with E-state index in [1.54, 1.807) is 12.1 Å². The second kappa shape index (κ2) is 16.8. The molecule has 0 aliphatic carbocycles. The zero-order chi connectivity index (χ0) is 28.0. The Morgan fingerprint density at radius 3 is 2.08 bits per heavy atom. The highest BCUT2D eigenvalue weighted by molar-refractivity contribution is 7.98. The van der Waals surface area contributed by atoms with Crippen molar-refractivity contribution in [2.75, 3.05) is 18.6 Å². The highest BCUT2D eigenvalue weighted by atomic mass is 32.2. The molecule has 1 aromatic carbocycles. The molecular formula is C24H39N5O7S. The number of rotatable bonds is 17. The van der Waals surface area contributed by atoms with Crippen molar-refractivity contribution in [2.24, 2.45) is 11.5 Å². The van der Waals surface area contributed by atoms with Gasteiger partial charge in [0.1, 0.15) is 17.8 Å². The van der Waals surface area contributed by atoms with Gasteiger partial charge in [0.2, 0.25) is 17.7 Å². The van der Waals surface area contributed by atoms with Gasteiger partial charge in [-0.2, -0.15) is 11.8 Å². The lowest BCUT2D eigenvalue weighted by Crippen LogP contribution is -2.58. The van der Waals surface area contributed by atoms with Crippen molar-refractivity contribution in [3.8, 4) is 5.75 Å². The number of aliphatic carboxylic acids is 1. The molecule has 10 N–H and O–H groups in total. The zero-order valence-electron chi connectivity index (χ0n) is 21.2. The zero-order valence-corrected chi connectivity index (χ0v) is 22.0. The number of amides is 3. The monoisotopic (exact) mass is 541 g/mol. The number of aliphatic hydroxyl groups is 1. The molecule has 208 valence electrons. The van der Waals surface area contributed by atoms with Crippen LogP contribution in [0.15, 0.2) is 24.3 Å². The van der Waals surface area contributed by atoms with Gasteiger partial charge in [0.15, 0.2) is 6.04 Å². The van der Waals surface area contributed by atoms with E-state index < -0.39 is 54.0 Å². The number of hydrogen-bond donors (Lipinski definition) is 8. The van der Waals surface area contributed by atoms with Gasteiger partial charge in [-0.25, -0.2) is 4.79 Å². The summed E-state index contributed by atoms with van der Waals surface area (Å²) in [5.41, 5.74) is 12.0. The summed E-state index contributed by atoms with van der Waals surface area (Å²) in [5.74, 6) is -2.86. The van der Waals surface area contributed by atoms with Crippen molar-refractivity contribution in [1.29, 1.82) is 0 Å². The molecule has 0 aromatic heterocycles. The maximum Gasteiger partial charge on any atom is 0.328 e. The molecule has 37 heavy (non-hydrogen) atoms. The number of phenols is 1. The van der Waals surface area contributed by atoms with Crippen LogP contribution in [0, 0.1) is 0 Å². The lowest BCUT2D eigenvalue weighted by atomic mass is 10.0. The number of aliphatic hydroxyl groups excluding tert-OH is 1. The standard InChI is InChI=1S/C24H39N5O7S/c1-14(30)20(24(35)36)29-23(34)19(13-15-6-8-16(31)9-7-15)28-22(33)18(10-12-37-2)27-21(32)17(26)5-3-4-11-25/h6-9,14,17-20,30-31H,3-5,10-13,25-26H2,1-2H3,(H,27,32)(H,28,33)(H,29,34)(H,35,36). The van der Waals surface area contributed by atoms with Crippen LogP contribution < -0.4 is 27.4 Å². The van der Waals surface area contributed by atoms with Crippen LogP contribution in [-0.4, -0.2) is 87.8 Å². The number of nitrogens with two attached hydrogens (primary N) is 2. The fraction of sp³-hybridized carbons (Fsp3) is 0.583. The van der Waals surface area contributed by atoms with Crippen molar-refractivity contribution in [3.05, 3.63) is 29.8 Å². The smallest absolute Gasteiger partial charge is 0.328 e. The van der Waals surface area contributed by atoms with Gasteiger partial charge in [-0.1, -0.05) is 18.6 Å². The van der Waals surface area contributed by atoms with Crippen LogP contribution in [0.1, 0.15) is 38.2 Å². The number of carbonyl (C=O) groups excluding carboxylic acids is 3. The summed E-state index contributed by atoms with van der Waals surface area (Å²) in [4.78, 5) is 50.3. The fourth-order valence-corrected chi connectivity index (χ4v) is 3.89. The third kappa shape index (κ3) is 11.8. The molecule has 0 aliphatic rings. The van der Waals surface area contributed by atoms with Crippen LogP contribution in [0.4, 0.5) is 0 Å². The van der Waals surface area contributed by atoms with E-state index in [0.717, 1.165) is 6.42 Å². The molecule has 5 unspecified atom stereocenters. The van der Waals surface area contributed by atoms with Crippen molar-refractivity contribution >= 4 is 35.5 Å². The van der Waals surface area contributed by atoms with E-state index >= 15 is 0 Å². The number of aromatic hydroxyl groups is 1. The van der Waals surface area contributed by atoms with Gasteiger partial charge in [-0.15, -0.1) is 0 Å². The predicted molar refractivity (Wildman–Crippen MR) is 141 cm³/mol. The number of carboxylic acids is 1. The van der Waals surface area contributed by atoms with Gasteiger partial charge in [0, 0.05) is 6.42 Å². The van der Waals surface area contributed by atoms with E-state index in [1.807, 2.05) is 6.26 Å². The first-order valence-electron chi connectivity index (χ1n) is 12.0. The maximum atomic E-state index is 13.2. The molecule has 0 saturated carbocycles. The molecule has 0 spiro atoms. The lowest BCUT2D eigenvalue weighted by molar-refractivity contribution is -0.145. The fourth-order valence-electron chi connectivity index (χ4n) is 3.41. The Morgan fingerprint density at radius 1 is 0.946 bits per heavy atom. The number of phenolic OH excluding ortho intramolecular Hbond substituents is 1. The van der Waals surface area contributed by atoms with E-state index in [-0.39, 0.29) is 18.6 Å². The SMILES string of the molecule is CSCCC(NC(=O)C(N)CCCCN)C(=O)NC(Cc1ccc(O)cc1)C(=O)NC(C(=O)O)C(C)O. The predicted octanol–water partition coefficient (Wildman–Crippen LogP) is -0.936. The molecule has 0 aliphatic heterocycles. The molecule has 1 rings (SSSR count). The number of unbranched alkanes of at least 4 members (excludes halogenated alkanes) is 1. The van der Waals surface area contributed by atoms with E-state index in [0.29, 0.717) is 30.7 Å². The Bertz CT molecular complexity index is 885. The molecule has 12 nitrogen and oxygen atoms in total. The molecule has 0 bridgehead atoms. The average molecular weight is 542 g/mol. The van der Waals surface area contributed by atoms with Gasteiger partial charge in [-0.05, 0) is 62.4 Å². The molecule has 1 aromatic rings. The minimum atomic E-state index is -1.59. The molecule has 5 atom stereocenters. The summed E-state index contributed by atoms with van der Waals surface area (Å²) in [6.07, 6.45) is 2.48. The Hall–Kier alpha value is -2.87. The van der Waals surface area contributed by atoms with Gasteiger partial charge >= 0.3 is 5.97 Å². The average Bonchev–Trinajstić information content (AvgIpc) is 2.85. The van der Waals surface area contributed by atoms with Gasteiger partial charge < -0.3 is 42.7 Å². The Balaban J connectivity index is 3.08. The summed E-state index contributed by atoms with van der Waals surface area (Å²) in [5, 5.41) is 36.1. The number of benzene rings is 1. The molecule has 0 saturated heterocycles. The minimum Gasteiger partial charge on any atom is -0.508 e. The van der Waals surface area contributed by atoms with Crippen molar-refractivity contribution < 1.29 is 34.5 Å². The first-order chi connectivity index (χ1) is 17.5. The number of hydrogen-bond acceptors (Lipinski definition) is 9. The highest BCUT2D eigenvalue weighted by Gasteiger charge is 2.32. The van der Waals surface area contributed by atoms with Crippen LogP contribution in [-0.2, 0) is 25.6 Å². The topological polar surface area (TPSA) is 217 Å². The Kier molecular flexibility index (Phi) is 14.6. The van der Waals surface area contributed by atoms with Gasteiger partial charge in [0.25, 0.3) is 0 Å². The normalized spacial score (nSPS) is 15.1. The summed E-state index contributed by atoms with van der Waals surface area (Å²) >= 11 is 1.47. The number of carboxylic acid groups (broad SMARTS) is 1. The second-order valence-corrected chi connectivity index (χ2v) is 9.72. The van der Waals surface area contributed by atoms with Crippen LogP contribution in [0.5, 0.6) is 5.75 Å². The summed E-state index contributed by atoms with van der Waals surface area (Å²) in [6.45, 7) is 1.70. The summed E-state index contributed by atoms with van der Waals surface area (Å²) in [6, 6.07) is 1.30.